The number of benzene rings is 2. The van der Waals surface area contributed by atoms with Gasteiger partial charge in [0.15, 0.2) is 12.2 Å². The van der Waals surface area contributed by atoms with Gasteiger partial charge in [0.25, 0.3) is 11.8 Å². The lowest BCUT2D eigenvalue weighted by Crippen LogP contribution is -2.50. The highest BCUT2D eigenvalue weighted by Crippen LogP contribution is 2.29. The number of hydrazine groups is 1. The first-order valence-corrected chi connectivity index (χ1v) is 10.5. The third-order valence-electron chi connectivity index (χ3n) is 4.61. The quantitative estimate of drug-likeness (QED) is 0.558. The van der Waals surface area contributed by atoms with Crippen LogP contribution in [0.25, 0.3) is 0 Å². The summed E-state index contributed by atoms with van der Waals surface area (Å²) in [5.74, 6) is 0.234. The van der Waals surface area contributed by atoms with Gasteiger partial charge in [0, 0.05) is 5.02 Å². The van der Waals surface area contributed by atoms with Gasteiger partial charge in [-0.1, -0.05) is 55.2 Å². The standard InChI is InChI=1S/C22H26Cl2N2O4/c1-5-13(2)17-8-6-7-9-19(17)29-14(3)21(27)25-26-22(28)15(4)30-20-11-10-16(23)12-18(20)24/h6-15H,5H2,1-4H3,(H,25,27)(H,26,28). The number of amides is 2. The van der Waals surface area contributed by atoms with E-state index >= 15 is 0 Å². The number of ether oxygens (including phenoxy) is 2. The van der Waals surface area contributed by atoms with Gasteiger partial charge < -0.3 is 9.47 Å². The largest absolute Gasteiger partial charge is 0.481 e. The Labute approximate surface area is 186 Å². The van der Waals surface area contributed by atoms with Crippen molar-refractivity contribution in [3.05, 3.63) is 58.1 Å². The number of nitrogens with one attached hydrogen (secondary N) is 2. The van der Waals surface area contributed by atoms with E-state index in [9.17, 15) is 9.59 Å². The van der Waals surface area contributed by atoms with Gasteiger partial charge in [-0.2, -0.15) is 0 Å². The zero-order valence-electron chi connectivity index (χ0n) is 17.4. The molecule has 2 N–H and O–H groups in total. The van der Waals surface area contributed by atoms with Crippen molar-refractivity contribution in [1.82, 2.24) is 10.9 Å². The molecule has 0 heterocycles. The molecule has 0 aliphatic rings. The molecule has 0 saturated carbocycles. The Morgan fingerprint density at radius 3 is 2.03 bits per heavy atom. The SMILES string of the molecule is CCC(C)c1ccccc1OC(C)C(=O)NNC(=O)C(C)Oc1ccc(Cl)cc1Cl. The van der Waals surface area contributed by atoms with E-state index in [1.807, 2.05) is 24.3 Å². The van der Waals surface area contributed by atoms with Gasteiger partial charge >= 0.3 is 0 Å². The normalized spacial score (nSPS) is 13.7. The van der Waals surface area contributed by atoms with Gasteiger partial charge in [0.05, 0.1) is 5.02 Å². The molecular weight excluding hydrogens is 427 g/mol. The number of halogens is 2. The summed E-state index contributed by atoms with van der Waals surface area (Å²) in [6.45, 7) is 7.34. The summed E-state index contributed by atoms with van der Waals surface area (Å²) < 4.78 is 11.3. The summed E-state index contributed by atoms with van der Waals surface area (Å²) in [6.07, 6.45) is -0.754. The Kier molecular flexibility index (Phi) is 8.81. The van der Waals surface area contributed by atoms with Crippen LogP contribution in [0.1, 0.15) is 45.6 Å². The summed E-state index contributed by atoms with van der Waals surface area (Å²) in [7, 11) is 0. The maximum absolute atomic E-state index is 12.3. The topological polar surface area (TPSA) is 76.7 Å². The second kappa shape index (κ2) is 11.1. The molecule has 30 heavy (non-hydrogen) atoms. The van der Waals surface area contributed by atoms with Crippen LogP contribution in [0.3, 0.4) is 0 Å². The lowest BCUT2D eigenvalue weighted by atomic mass is 9.98. The summed E-state index contributed by atoms with van der Waals surface area (Å²) in [5.41, 5.74) is 5.73. The number of rotatable bonds is 8. The molecule has 0 saturated heterocycles. The zero-order valence-corrected chi connectivity index (χ0v) is 18.9. The molecule has 2 rings (SSSR count). The van der Waals surface area contributed by atoms with Crippen LogP contribution >= 0.6 is 23.2 Å². The van der Waals surface area contributed by atoms with Crippen molar-refractivity contribution in [2.24, 2.45) is 0 Å². The lowest BCUT2D eigenvalue weighted by molar-refractivity contribution is -0.135. The fraction of sp³-hybridized carbons (Fsp3) is 0.364. The second-order valence-corrected chi connectivity index (χ2v) is 7.76. The third kappa shape index (κ3) is 6.54. The monoisotopic (exact) mass is 452 g/mol. The molecular formula is C22H26Cl2N2O4. The highest BCUT2D eigenvalue weighted by molar-refractivity contribution is 6.35. The van der Waals surface area contributed by atoms with Gasteiger partial charge in [0.2, 0.25) is 0 Å². The Hall–Kier alpha value is -2.44. The lowest BCUT2D eigenvalue weighted by Gasteiger charge is -2.20. The van der Waals surface area contributed by atoms with Crippen LogP contribution in [0, 0.1) is 0 Å². The number of hydrogen-bond donors (Lipinski definition) is 2. The molecule has 0 bridgehead atoms. The van der Waals surface area contributed by atoms with E-state index in [2.05, 4.69) is 24.7 Å². The molecule has 6 nitrogen and oxygen atoms in total. The summed E-state index contributed by atoms with van der Waals surface area (Å²) in [4.78, 5) is 24.6. The Bertz CT molecular complexity index is 891. The van der Waals surface area contributed by atoms with E-state index in [0.29, 0.717) is 22.4 Å². The minimum atomic E-state index is -0.897. The average Bonchev–Trinajstić information content (AvgIpc) is 2.73. The summed E-state index contributed by atoms with van der Waals surface area (Å²) in [5, 5.41) is 0.744. The van der Waals surface area contributed by atoms with Crippen molar-refractivity contribution in [1.29, 1.82) is 0 Å². The fourth-order valence-corrected chi connectivity index (χ4v) is 3.05. The summed E-state index contributed by atoms with van der Waals surface area (Å²) >= 11 is 11.9. The maximum atomic E-state index is 12.3. The van der Waals surface area contributed by atoms with Gasteiger partial charge in [-0.3, -0.25) is 20.4 Å². The van der Waals surface area contributed by atoms with E-state index in [1.165, 1.54) is 13.0 Å². The first kappa shape index (κ1) is 23.8. The smallest absolute Gasteiger partial charge is 0.279 e. The Balaban J connectivity index is 1.89. The average molecular weight is 453 g/mol. The van der Waals surface area contributed by atoms with E-state index in [-0.39, 0.29) is 5.02 Å². The fourth-order valence-electron chi connectivity index (χ4n) is 2.60. The predicted octanol–water partition coefficient (Wildman–Crippen LogP) is 4.89. The molecule has 2 aromatic rings. The molecule has 2 aromatic carbocycles. The zero-order chi connectivity index (χ0) is 22.3. The van der Waals surface area contributed by atoms with Crippen LogP contribution < -0.4 is 20.3 Å². The highest BCUT2D eigenvalue weighted by atomic mass is 35.5. The van der Waals surface area contributed by atoms with Crippen molar-refractivity contribution in [2.75, 3.05) is 0 Å². The van der Waals surface area contributed by atoms with Crippen molar-refractivity contribution in [3.63, 3.8) is 0 Å². The number of carbonyl (C=O) groups excluding carboxylic acids is 2. The molecule has 2 amide bonds. The van der Waals surface area contributed by atoms with Gasteiger partial charge in [-0.15, -0.1) is 0 Å². The van der Waals surface area contributed by atoms with Crippen LogP contribution in [0.15, 0.2) is 42.5 Å². The van der Waals surface area contributed by atoms with Crippen LogP contribution in [0.2, 0.25) is 10.0 Å². The molecule has 3 unspecified atom stereocenters. The molecule has 8 heteroatoms. The third-order valence-corrected chi connectivity index (χ3v) is 5.14. The van der Waals surface area contributed by atoms with Crippen molar-refractivity contribution in [3.8, 4) is 11.5 Å². The van der Waals surface area contributed by atoms with Gasteiger partial charge in [-0.25, -0.2) is 0 Å². The predicted molar refractivity (Wildman–Crippen MR) is 118 cm³/mol. The van der Waals surface area contributed by atoms with Gasteiger partial charge in [-0.05, 0) is 56.0 Å². The Morgan fingerprint density at radius 2 is 1.47 bits per heavy atom. The first-order valence-electron chi connectivity index (χ1n) is 9.69. The van der Waals surface area contributed by atoms with Gasteiger partial charge in [0.1, 0.15) is 11.5 Å². The van der Waals surface area contributed by atoms with E-state index < -0.39 is 24.0 Å². The van der Waals surface area contributed by atoms with E-state index in [4.69, 9.17) is 32.7 Å². The molecule has 0 fully saturated rings. The Morgan fingerprint density at radius 1 is 0.900 bits per heavy atom. The van der Waals surface area contributed by atoms with E-state index in [1.54, 1.807) is 19.1 Å². The molecule has 0 aliphatic carbocycles. The van der Waals surface area contributed by atoms with Crippen LogP contribution in [-0.4, -0.2) is 24.0 Å². The van der Waals surface area contributed by atoms with Crippen LogP contribution in [-0.2, 0) is 9.59 Å². The van der Waals surface area contributed by atoms with Crippen molar-refractivity contribution >= 4 is 35.0 Å². The highest BCUT2D eigenvalue weighted by Gasteiger charge is 2.21. The minimum Gasteiger partial charge on any atom is -0.481 e. The molecule has 162 valence electrons. The van der Waals surface area contributed by atoms with Crippen LogP contribution in [0.4, 0.5) is 0 Å². The van der Waals surface area contributed by atoms with Crippen molar-refractivity contribution in [2.45, 2.75) is 52.2 Å². The molecule has 0 aromatic heterocycles. The summed E-state index contributed by atoms with van der Waals surface area (Å²) in [6, 6.07) is 12.3. The minimum absolute atomic E-state index is 0.285. The number of hydrogen-bond acceptors (Lipinski definition) is 4. The maximum Gasteiger partial charge on any atom is 0.279 e. The molecule has 3 atom stereocenters. The number of para-hydroxylation sites is 1. The van der Waals surface area contributed by atoms with Crippen molar-refractivity contribution < 1.29 is 19.1 Å². The molecule has 0 radical (unpaired) electrons. The first-order chi connectivity index (χ1) is 14.2. The molecule has 0 spiro atoms. The second-order valence-electron chi connectivity index (χ2n) is 6.92. The van der Waals surface area contributed by atoms with E-state index in [0.717, 1.165) is 12.0 Å². The van der Waals surface area contributed by atoms with Crippen LogP contribution in [0.5, 0.6) is 11.5 Å². The number of carbonyl (C=O) groups is 2. The molecule has 0 aliphatic heterocycles.